The van der Waals surface area contributed by atoms with E-state index in [0.29, 0.717) is 0 Å². The molecule has 2 N–H and O–H groups in total. The number of hydrogen-bond acceptors (Lipinski definition) is 3. The van der Waals surface area contributed by atoms with Crippen molar-refractivity contribution < 1.29 is 0 Å². The second-order valence-corrected chi connectivity index (χ2v) is 7.63. The number of nitrogens with zero attached hydrogens (tertiary/aromatic N) is 2. The van der Waals surface area contributed by atoms with E-state index in [1.807, 2.05) is 7.05 Å². The normalized spacial score (nSPS) is 16.3. The maximum Gasteiger partial charge on any atom is 0.191 e. The second kappa shape index (κ2) is 8.48. The lowest BCUT2D eigenvalue weighted by Gasteiger charge is -2.43. The van der Waals surface area contributed by atoms with Gasteiger partial charge in [0.25, 0.3) is 0 Å². The van der Waals surface area contributed by atoms with E-state index in [2.05, 4.69) is 63.2 Å². The first-order valence-corrected chi connectivity index (χ1v) is 10.1. The summed E-state index contributed by atoms with van der Waals surface area (Å²) in [5.74, 6) is 0.883. The molecule has 0 atom stereocenters. The molecular formula is C20H28N4S. The van der Waals surface area contributed by atoms with Crippen molar-refractivity contribution in [1.82, 2.24) is 15.6 Å². The molecule has 25 heavy (non-hydrogen) atoms. The van der Waals surface area contributed by atoms with Gasteiger partial charge in [-0.2, -0.15) is 0 Å². The maximum atomic E-state index is 4.62. The van der Waals surface area contributed by atoms with Crippen molar-refractivity contribution in [3.63, 3.8) is 0 Å². The number of aryl methyl sites for hydroxylation is 1. The van der Waals surface area contributed by atoms with E-state index in [4.69, 9.17) is 0 Å². The van der Waals surface area contributed by atoms with Crippen LogP contribution in [0.5, 0.6) is 0 Å². The van der Waals surface area contributed by atoms with E-state index in [0.717, 1.165) is 31.9 Å². The lowest BCUT2D eigenvalue weighted by molar-refractivity contribution is 0.244. The zero-order valence-corrected chi connectivity index (χ0v) is 16.0. The van der Waals surface area contributed by atoms with E-state index in [-0.39, 0.29) is 5.41 Å². The van der Waals surface area contributed by atoms with Gasteiger partial charge in [-0.25, -0.2) is 4.98 Å². The van der Waals surface area contributed by atoms with Crippen LogP contribution in [0.1, 0.15) is 42.5 Å². The van der Waals surface area contributed by atoms with Crippen LogP contribution in [0.4, 0.5) is 0 Å². The summed E-state index contributed by atoms with van der Waals surface area (Å²) in [6, 6.07) is 10.9. The van der Waals surface area contributed by atoms with Gasteiger partial charge >= 0.3 is 0 Å². The highest BCUT2D eigenvalue weighted by Crippen LogP contribution is 2.43. The fourth-order valence-corrected chi connectivity index (χ4v) is 4.15. The molecule has 0 aliphatic heterocycles. The van der Waals surface area contributed by atoms with E-state index in [1.54, 1.807) is 11.3 Å². The van der Waals surface area contributed by atoms with Crippen LogP contribution in [0.15, 0.2) is 40.7 Å². The minimum Gasteiger partial charge on any atom is -0.356 e. The van der Waals surface area contributed by atoms with Crippen LogP contribution in [0.25, 0.3) is 0 Å². The smallest absolute Gasteiger partial charge is 0.191 e. The molecule has 4 nitrogen and oxygen atoms in total. The number of guanidine groups is 1. The Morgan fingerprint density at radius 2 is 2.04 bits per heavy atom. The highest BCUT2D eigenvalue weighted by atomic mass is 32.1. The molecule has 0 radical (unpaired) electrons. The van der Waals surface area contributed by atoms with Gasteiger partial charge in [-0.1, -0.05) is 43.7 Å². The molecule has 1 fully saturated rings. The van der Waals surface area contributed by atoms with Crippen molar-refractivity contribution in [2.45, 2.75) is 44.4 Å². The molecule has 0 amide bonds. The predicted octanol–water partition coefficient (Wildman–Crippen LogP) is 3.53. The predicted molar refractivity (Wildman–Crippen MR) is 107 cm³/mol. The summed E-state index contributed by atoms with van der Waals surface area (Å²) in [5, 5.41) is 10.3. The van der Waals surface area contributed by atoms with Crippen LogP contribution < -0.4 is 10.6 Å². The van der Waals surface area contributed by atoms with Gasteiger partial charge in [-0.15, -0.1) is 11.3 Å². The molecule has 1 saturated carbocycles. The molecular weight excluding hydrogens is 328 g/mol. The van der Waals surface area contributed by atoms with Gasteiger partial charge in [0.1, 0.15) is 0 Å². The van der Waals surface area contributed by atoms with Gasteiger partial charge in [0.05, 0.1) is 10.7 Å². The zero-order chi connectivity index (χ0) is 17.5. The van der Waals surface area contributed by atoms with Gasteiger partial charge in [0.15, 0.2) is 5.96 Å². The summed E-state index contributed by atoms with van der Waals surface area (Å²) in [4.78, 5) is 8.99. The Balaban J connectivity index is 1.49. The highest BCUT2D eigenvalue weighted by Gasteiger charge is 2.38. The van der Waals surface area contributed by atoms with Crippen molar-refractivity contribution in [2.24, 2.45) is 4.99 Å². The van der Waals surface area contributed by atoms with Crippen molar-refractivity contribution >= 4 is 17.3 Å². The number of benzene rings is 1. The molecule has 1 aliphatic rings. The van der Waals surface area contributed by atoms with Gasteiger partial charge in [0, 0.05) is 37.4 Å². The summed E-state index contributed by atoms with van der Waals surface area (Å²) in [7, 11) is 1.84. The first kappa shape index (κ1) is 17.9. The average Bonchev–Trinajstić information content (AvgIpc) is 3.08. The minimum atomic E-state index is 0.268. The Bertz CT molecular complexity index is 689. The lowest BCUT2D eigenvalue weighted by Crippen LogP contribution is -2.49. The molecule has 2 aromatic rings. The topological polar surface area (TPSA) is 49.3 Å². The van der Waals surface area contributed by atoms with Gasteiger partial charge in [0.2, 0.25) is 0 Å². The first-order valence-electron chi connectivity index (χ1n) is 9.19. The van der Waals surface area contributed by atoms with Crippen molar-refractivity contribution in [3.05, 3.63) is 52.0 Å². The van der Waals surface area contributed by atoms with Crippen LogP contribution in [0.2, 0.25) is 0 Å². The number of nitrogens with one attached hydrogen (secondary N) is 2. The third kappa shape index (κ3) is 4.40. The molecule has 5 heteroatoms. The second-order valence-electron chi connectivity index (χ2n) is 6.69. The van der Waals surface area contributed by atoms with Crippen LogP contribution >= 0.6 is 11.3 Å². The molecule has 3 rings (SSSR count). The lowest BCUT2D eigenvalue weighted by atomic mass is 9.64. The van der Waals surface area contributed by atoms with Crippen LogP contribution in [-0.2, 0) is 18.3 Å². The molecule has 1 aromatic heterocycles. The third-order valence-corrected chi connectivity index (χ3v) is 6.13. The Morgan fingerprint density at radius 1 is 1.24 bits per heavy atom. The van der Waals surface area contributed by atoms with Gasteiger partial charge in [-0.3, -0.25) is 4.99 Å². The van der Waals surface area contributed by atoms with Crippen LogP contribution in [-0.4, -0.2) is 31.1 Å². The first-order chi connectivity index (χ1) is 12.3. The molecule has 1 aromatic carbocycles. The van der Waals surface area contributed by atoms with Crippen LogP contribution in [0, 0.1) is 0 Å². The zero-order valence-electron chi connectivity index (χ0n) is 15.2. The molecule has 134 valence electrons. The fourth-order valence-electron chi connectivity index (χ4n) is 3.37. The molecule has 1 aliphatic carbocycles. The molecule has 0 spiro atoms. The minimum absolute atomic E-state index is 0.268. The van der Waals surface area contributed by atoms with E-state index in [1.165, 1.54) is 35.5 Å². The monoisotopic (exact) mass is 356 g/mol. The SMILES string of the molecule is CCc1nc(CCNC(=NC)NCC2(c3ccccc3)CCC2)cs1. The summed E-state index contributed by atoms with van der Waals surface area (Å²) in [6.07, 6.45) is 5.76. The van der Waals surface area contributed by atoms with Crippen LogP contribution in [0.3, 0.4) is 0 Å². The Labute approximate surface area is 154 Å². The summed E-state index contributed by atoms with van der Waals surface area (Å²) in [5.41, 5.74) is 2.88. The maximum absolute atomic E-state index is 4.62. The Hall–Kier alpha value is -1.88. The highest BCUT2D eigenvalue weighted by molar-refractivity contribution is 7.09. The van der Waals surface area contributed by atoms with Gasteiger partial charge < -0.3 is 10.6 Å². The largest absolute Gasteiger partial charge is 0.356 e. The molecule has 1 heterocycles. The van der Waals surface area contributed by atoms with Crippen molar-refractivity contribution in [1.29, 1.82) is 0 Å². The fraction of sp³-hybridized carbons (Fsp3) is 0.500. The Kier molecular flexibility index (Phi) is 6.08. The van der Waals surface area contributed by atoms with Crippen molar-refractivity contribution in [2.75, 3.05) is 20.1 Å². The summed E-state index contributed by atoms with van der Waals surface area (Å²) < 4.78 is 0. The van der Waals surface area contributed by atoms with Gasteiger partial charge in [-0.05, 0) is 24.8 Å². The number of aliphatic imine (C=N–C) groups is 1. The van der Waals surface area contributed by atoms with E-state index >= 15 is 0 Å². The molecule has 0 unspecified atom stereocenters. The van der Waals surface area contributed by atoms with E-state index in [9.17, 15) is 0 Å². The molecule has 0 saturated heterocycles. The molecule has 0 bridgehead atoms. The van der Waals surface area contributed by atoms with Crippen molar-refractivity contribution in [3.8, 4) is 0 Å². The average molecular weight is 357 g/mol. The number of aromatic nitrogens is 1. The Morgan fingerprint density at radius 3 is 2.64 bits per heavy atom. The summed E-state index contributed by atoms with van der Waals surface area (Å²) >= 11 is 1.75. The number of rotatable bonds is 7. The standard InChI is InChI=1S/C20H28N4S/c1-3-18-24-17(14-25-18)10-13-22-19(21-2)23-15-20(11-7-12-20)16-8-5-4-6-9-16/h4-6,8-9,14H,3,7,10-13,15H2,1-2H3,(H2,21,22,23). The summed E-state index contributed by atoms with van der Waals surface area (Å²) in [6.45, 7) is 3.94. The quantitative estimate of drug-likeness (QED) is 0.589. The number of thiazole rings is 1. The van der Waals surface area contributed by atoms with E-state index < -0.39 is 0 Å². The number of hydrogen-bond donors (Lipinski definition) is 2. The third-order valence-electron chi connectivity index (χ3n) is 5.09.